The van der Waals surface area contributed by atoms with Gasteiger partial charge in [-0.3, -0.25) is 14.2 Å². The van der Waals surface area contributed by atoms with Gasteiger partial charge in [-0.05, 0) is 48.2 Å². The minimum absolute atomic E-state index is 0.111. The Morgan fingerprint density at radius 2 is 1.37 bits per heavy atom. The number of nitrogens with one attached hydrogen (secondary N) is 1. The van der Waals surface area contributed by atoms with Gasteiger partial charge in [-0.2, -0.15) is 0 Å². The van der Waals surface area contributed by atoms with E-state index >= 15 is 0 Å². The Morgan fingerprint density at radius 1 is 0.829 bits per heavy atom. The van der Waals surface area contributed by atoms with Crippen LogP contribution in [0.1, 0.15) is 35.3 Å². The van der Waals surface area contributed by atoms with Crippen LogP contribution in [-0.2, 0) is 31.0 Å². The van der Waals surface area contributed by atoms with Crippen molar-refractivity contribution in [2.75, 3.05) is 13.2 Å². The normalized spacial score (nSPS) is 12.2. The molecule has 1 atom stereocenters. The minimum Gasteiger partial charge on any atom is -0.368 e. The largest absolute Gasteiger partial charge is 0.368 e. The van der Waals surface area contributed by atoms with Crippen molar-refractivity contribution >= 4 is 19.4 Å². The van der Waals surface area contributed by atoms with Crippen LogP contribution in [0.4, 0.5) is 0 Å². The predicted octanol–water partition coefficient (Wildman–Crippen LogP) is 4.95. The van der Waals surface area contributed by atoms with Crippen molar-refractivity contribution in [3.8, 4) is 11.1 Å². The van der Waals surface area contributed by atoms with Crippen molar-refractivity contribution < 1.29 is 23.2 Å². The number of hydrogen-bond donors (Lipinski definition) is 2. The molecule has 0 radical (unpaired) electrons. The van der Waals surface area contributed by atoms with Gasteiger partial charge in [0.15, 0.2) is 0 Å². The SMILES string of the molecule is CCOP(=O)(Cc1ccc(C(=O)N[C@H](Cc2ccc(-c3ccccc3)cc2)C(N)=O)cc1)OCC. The lowest BCUT2D eigenvalue weighted by molar-refractivity contribution is -0.119. The molecular formula is C27H31N2O5P. The molecule has 35 heavy (non-hydrogen) atoms. The number of hydrogen-bond acceptors (Lipinski definition) is 5. The quantitative estimate of drug-likeness (QED) is 0.347. The van der Waals surface area contributed by atoms with Crippen LogP contribution in [0.5, 0.6) is 0 Å². The highest BCUT2D eigenvalue weighted by Crippen LogP contribution is 2.51. The smallest absolute Gasteiger partial charge is 0.335 e. The fourth-order valence-electron chi connectivity index (χ4n) is 3.67. The van der Waals surface area contributed by atoms with Crippen molar-refractivity contribution in [1.29, 1.82) is 0 Å². The standard InChI is InChI=1S/C27H31N2O5P/c1-3-33-35(32,34-4-2)19-21-12-16-24(17-13-21)27(31)29-25(26(28)30)18-20-10-14-23(15-11-20)22-8-6-5-7-9-22/h5-17,25H,3-4,18-19H2,1-2H3,(H2,28,30)(H,29,31)/t25-/m1/s1. The van der Waals surface area contributed by atoms with Gasteiger partial charge in [0.2, 0.25) is 5.91 Å². The molecule has 0 spiro atoms. The average Bonchev–Trinajstić information content (AvgIpc) is 2.85. The van der Waals surface area contributed by atoms with Crippen LogP contribution in [0.25, 0.3) is 11.1 Å². The highest BCUT2D eigenvalue weighted by Gasteiger charge is 2.24. The van der Waals surface area contributed by atoms with Gasteiger partial charge in [0.1, 0.15) is 6.04 Å². The number of benzene rings is 3. The summed E-state index contributed by atoms with van der Waals surface area (Å²) in [5, 5.41) is 2.72. The van der Waals surface area contributed by atoms with Crippen molar-refractivity contribution in [2.45, 2.75) is 32.5 Å². The summed E-state index contributed by atoms with van der Waals surface area (Å²) in [4.78, 5) is 24.8. The molecule has 0 bridgehead atoms. The summed E-state index contributed by atoms with van der Waals surface area (Å²) in [5.74, 6) is -1.03. The first-order valence-corrected chi connectivity index (χ1v) is 13.3. The van der Waals surface area contributed by atoms with Crippen molar-refractivity contribution in [3.63, 3.8) is 0 Å². The maximum atomic E-state index is 12.8. The minimum atomic E-state index is -3.24. The average molecular weight is 495 g/mol. The second-order valence-electron chi connectivity index (χ2n) is 8.00. The molecule has 0 unspecified atom stereocenters. The zero-order valence-electron chi connectivity index (χ0n) is 20.0. The van der Waals surface area contributed by atoms with E-state index in [4.69, 9.17) is 14.8 Å². The lowest BCUT2D eigenvalue weighted by Gasteiger charge is -2.18. The van der Waals surface area contributed by atoms with Gasteiger partial charge in [-0.1, -0.05) is 66.7 Å². The number of primary amides is 1. The van der Waals surface area contributed by atoms with E-state index in [9.17, 15) is 14.2 Å². The van der Waals surface area contributed by atoms with Crippen molar-refractivity contribution in [1.82, 2.24) is 5.32 Å². The van der Waals surface area contributed by atoms with Gasteiger partial charge >= 0.3 is 7.60 Å². The van der Waals surface area contributed by atoms with Crippen LogP contribution in [0.3, 0.4) is 0 Å². The molecule has 7 nitrogen and oxygen atoms in total. The molecule has 0 aliphatic rings. The molecule has 3 rings (SSSR count). The first kappa shape index (κ1) is 26.4. The van der Waals surface area contributed by atoms with E-state index in [1.807, 2.05) is 54.6 Å². The lowest BCUT2D eigenvalue weighted by Crippen LogP contribution is -2.45. The van der Waals surface area contributed by atoms with Crippen LogP contribution in [0.15, 0.2) is 78.9 Å². The first-order chi connectivity index (χ1) is 16.8. The second-order valence-corrected chi connectivity index (χ2v) is 10.1. The van der Waals surface area contributed by atoms with Gasteiger partial charge < -0.3 is 20.1 Å². The number of amides is 2. The fraction of sp³-hybridized carbons (Fsp3) is 0.259. The summed E-state index contributed by atoms with van der Waals surface area (Å²) in [6, 6.07) is 23.5. The van der Waals surface area contributed by atoms with Crippen molar-refractivity contribution in [2.24, 2.45) is 5.73 Å². The molecule has 0 fully saturated rings. The Kier molecular flexibility index (Phi) is 9.38. The zero-order chi connectivity index (χ0) is 25.3. The highest BCUT2D eigenvalue weighted by molar-refractivity contribution is 7.53. The van der Waals surface area contributed by atoms with E-state index in [-0.39, 0.29) is 25.8 Å². The molecule has 3 aromatic rings. The number of nitrogens with two attached hydrogens (primary N) is 1. The first-order valence-electron chi connectivity index (χ1n) is 11.5. The molecule has 3 N–H and O–H groups in total. The molecule has 3 aromatic carbocycles. The Morgan fingerprint density at radius 3 is 1.91 bits per heavy atom. The van der Waals surface area contributed by atoms with E-state index in [1.165, 1.54) is 0 Å². The van der Waals surface area contributed by atoms with E-state index in [0.717, 1.165) is 22.3 Å². The van der Waals surface area contributed by atoms with E-state index in [0.29, 0.717) is 5.56 Å². The third kappa shape index (κ3) is 7.62. The van der Waals surface area contributed by atoms with E-state index in [1.54, 1.807) is 38.1 Å². The molecule has 0 aliphatic carbocycles. The predicted molar refractivity (Wildman–Crippen MR) is 137 cm³/mol. The van der Waals surface area contributed by atoms with Crippen LogP contribution in [0.2, 0.25) is 0 Å². The Balaban J connectivity index is 1.64. The van der Waals surface area contributed by atoms with Crippen LogP contribution in [-0.4, -0.2) is 31.1 Å². The molecule has 8 heteroatoms. The van der Waals surface area contributed by atoms with Crippen LogP contribution >= 0.6 is 7.60 Å². The summed E-state index contributed by atoms with van der Waals surface area (Å²) < 4.78 is 23.4. The number of rotatable bonds is 12. The maximum Gasteiger partial charge on any atom is 0.335 e. The summed E-state index contributed by atoms with van der Waals surface area (Å²) in [5.41, 5.74) is 9.69. The molecule has 0 heterocycles. The van der Waals surface area contributed by atoms with Gasteiger partial charge in [-0.15, -0.1) is 0 Å². The monoisotopic (exact) mass is 494 g/mol. The second kappa shape index (κ2) is 12.5. The van der Waals surface area contributed by atoms with Crippen molar-refractivity contribution in [3.05, 3.63) is 95.6 Å². The van der Waals surface area contributed by atoms with Gasteiger partial charge in [0.05, 0.1) is 19.4 Å². The molecule has 0 saturated heterocycles. The van der Waals surface area contributed by atoms with Crippen LogP contribution < -0.4 is 11.1 Å². The highest BCUT2D eigenvalue weighted by atomic mass is 31.2. The summed E-state index contributed by atoms with van der Waals surface area (Å²) >= 11 is 0. The summed E-state index contributed by atoms with van der Waals surface area (Å²) in [7, 11) is -3.24. The maximum absolute atomic E-state index is 12.8. The Labute approximate surface area is 206 Å². The fourth-order valence-corrected chi connectivity index (χ4v) is 5.37. The zero-order valence-corrected chi connectivity index (χ0v) is 20.9. The molecule has 2 amide bonds. The third-order valence-corrected chi connectivity index (χ3v) is 7.45. The Hall–Kier alpha value is -3.25. The lowest BCUT2D eigenvalue weighted by atomic mass is 10.00. The molecule has 184 valence electrons. The summed E-state index contributed by atoms with van der Waals surface area (Å²) in [6.45, 7) is 4.07. The van der Waals surface area contributed by atoms with E-state index in [2.05, 4.69) is 5.32 Å². The number of carbonyl (C=O) groups is 2. The summed E-state index contributed by atoms with van der Waals surface area (Å²) in [6.07, 6.45) is 0.388. The van der Waals surface area contributed by atoms with Gasteiger partial charge in [-0.25, -0.2) is 0 Å². The van der Waals surface area contributed by atoms with Gasteiger partial charge in [0.25, 0.3) is 5.91 Å². The van der Waals surface area contributed by atoms with Crippen LogP contribution in [0, 0.1) is 0 Å². The molecule has 0 aliphatic heterocycles. The van der Waals surface area contributed by atoms with Gasteiger partial charge in [0, 0.05) is 12.0 Å². The van der Waals surface area contributed by atoms with E-state index < -0.39 is 25.5 Å². The topological polar surface area (TPSA) is 108 Å². The third-order valence-electron chi connectivity index (χ3n) is 5.39. The number of carbonyl (C=O) groups excluding carboxylic acids is 2. The molecular weight excluding hydrogens is 463 g/mol. The molecule has 0 aromatic heterocycles. The Bertz CT molecular complexity index is 1150. The molecule has 0 saturated carbocycles.